The lowest BCUT2D eigenvalue weighted by atomic mass is 10.0. The number of nitrogens with one attached hydrogen (secondary N) is 1. The molecule has 1 atom stereocenters. The van der Waals surface area contributed by atoms with Gasteiger partial charge in [-0.05, 0) is 62.7 Å². The molecule has 2 aromatic carbocycles. The fourth-order valence-corrected chi connectivity index (χ4v) is 6.01. The van der Waals surface area contributed by atoms with E-state index in [0.29, 0.717) is 45.7 Å². The molecule has 1 N–H and O–H groups in total. The predicted octanol–water partition coefficient (Wildman–Crippen LogP) is 4.47. The van der Waals surface area contributed by atoms with Crippen LogP contribution in [0.1, 0.15) is 34.1 Å². The molecule has 1 aliphatic rings. The normalized spacial score (nSPS) is 17.2. The third-order valence-electron chi connectivity index (χ3n) is 6.09. The maximum absolute atomic E-state index is 13.5. The van der Waals surface area contributed by atoms with E-state index >= 15 is 0 Å². The van der Waals surface area contributed by atoms with Crippen molar-refractivity contribution in [1.29, 1.82) is 0 Å². The highest BCUT2D eigenvalue weighted by Crippen LogP contribution is 2.32. The number of benzene rings is 2. The van der Waals surface area contributed by atoms with E-state index in [1.165, 1.54) is 12.1 Å². The fourth-order valence-electron chi connectivity index (χ4n) is 4.32. The van der Waals surface area contributed by atoms with E-state index in [-0.39, 0.29) is 29.3 Å². The number of pyridine rings is 1. The minimum atomic E-state index is -3.15. The molecule has 0 saturated carbocycles. The van der Waals surface area contributed by atoms with Gasteiger partial charge in [0.25, 0.3) is 5.91 Å². The van der Waals surface area contributed by atoms with E-state index in [9.17, 15) is 17.6 Å². The number of anilines is 1. The van der Waals surface area contributed by atoms with Crippen LogP contribution in [0.15, 0.2) is 54.6 Å². The maximum Gasteiger partial charge on any atom is 0.256 e. The second-order valence-electron chi connectivity index (χ2n) is 8.67. The smallest absolute Gasteiger partial charge is 0.256 e. The Morgan fingerprint density at radius 3 is 2.44 bits per heavy atom. The first-order chi connectivity index (χ1) is 16.2. The third-order valence-corrected chi connectivity index (χ3v) is 7.84. The van der Waals surface area contributed by atoms with E-state index in [0.717, 1.165) is 5.56 Å². The van der Waals surface area contributed by atoms with Crippen LogP contribution >= 0.6 is 0 Å². The van der Waals surface area contributed by atoms with Crippen molar-refractivity contribution in [2.24, 2.45) is 0 Å². The lowest BCUT2D eigenvalue weighted by Gasteiger charge is -2.12. The van der Waals surface area contributed by atoms with Gasteiger partial charge in [-0.25, -0.2) is 22.5 Å². The van der Waals surface area contributed by atoms with Crippen molar-refractivity contribution in [3.05, 3.63) is 77.2 Å². The zero-order valence-corrected chi connectivity index (χ0v) is 19.6. The first-order valence-corrected chi connectivity index (χ1v) is 12.8. The van der Waals surface area contributed by atoms with E-state index < -0.39 is 9.84 Å². The second kappa shape index (κ2) is 8.32. The number of fused-ring (bicyclic) bond motifs is 1. The summed E-state index contributed by atoms with van der Waals surface area (Å²) < 4.78 is 39.4. The number of aromatic nitrogens is 3. The molecular formula is C25H23FN4O3S. The number of carbonyl (C=O) groups excluding carboxylic acids is 1. The van der Waals surface area contributed by atoms with Crippen molar-refractivity contribution < 1.29 is 17.6 Å². The van der Waals surface area contributed by atoms with Gasteiger partial charge in [0.2, 0.25) is 0 Å². The van der Waals surface area contributed by atoms with Crippen LogP contribution in [0.25, 0.3) is 22.3 Å². The first-order valence-electron chi connectivity index (χ1n) is 10.9. The number of rotatable bonds is 4. The Hall–Kier alpha value is -3.59. The quantitative estimate of drug-likeness (QED) is 0.467. The van der Waals surface area contributed by atoms with E-state index in [2.05, 4.69) is 10.4 Å². The predicted molar refractivity (Wildman–Crippen MR) is 129 cm³/mol. The first kappa shape index (κ1) is 22.2. The maximum atomic E-state index is 13.5. The van der Waals surface area contributed by atoms with Crippen molar-refractivity contribution in [1.82, 2.24) is 14.8 Å². The van der Waals surface area contributed by atoms with E-state index in [4.69, 9.17) is 4.98 Å². The topological polar surface area (TPSA) is 93.9 Å². The Balaban J connectivity index is 1.67. The molecule has 1 unspecified atom stereocenters. The van der Waals surface area contributed by atoms with Crippen LogP contribution in [0.4, 0.5) is 10.1 Å². The minimum Gasteiger partial charge on any atom is -0.322 e. The molecule has 7 nitrogen and oxygen atoms in total. The monoisotopic (exact) mass is 478 g/mol. The summed E-state index contributed by atoms with van der Waals surface area (Å²) in [4.78, 5) is 18.2. The molecule has 0 radical (unpaired) electrons. The summed E-state index contributed by atoms with van der Waals surface area (Å²) in [5, 5.41) is 8.09. The Kier molecular flexibility index (Phi) is 5.44. The molecular weight excluding hydrogens is 455 g/mol. The third kappa shape index (κ3) is 4.19. The molecule has 174 valence electrons. The van der Waals surface area contributed by atoms with Gasteiger partial charge in [-0.2, -0.15) is 5.10 Å². The molecule has 5 rings (SSSR count). The molecule has 1 saturated heterocycles. The molecule has 9 heteroatoms. The van der Waals surface area contributed by atoms with Crippen LogP contribution in [0.3, 0.4) is 0 Å². The number of hydrogen-bond donors (Lipinski definition) is 1. The summed E-state index contributed by atoms with van der Waals surface area (Å²) >= 11 is 0. The Morgan fingerprint density at radius 2 is 1.79 bits per heavy atom. The molecule has 0 spiro atoms. The van der Waals surface area contributed by atoms with E-state index in [1.54, 1.807) is 29.8 Å². The van der Waals surface area contributed by atoms with Crippen LogP contribution in [-0.2, 0) is 9.84 Å². The number of sulfone groups is 1. The van der Waals surface area contributed by atoms with Gasteiger partial charge in [-0.3, -0.25) is 4.79 Å². The highest BCUT2D eigenvalue weighted by molar-refractivity contribution is 7.91. The van der Waals surface area contributed by atoms with Gasteiger partial charge in [0, 0.05) is 11.3 Å². The number of amides is 1. The molecule has 34 heavy (non-hydrogen) atoms. The van der Waals surface area contributed by atoms with Gasteiger partial charge >= 0.3 is 0 Å². The zero-order chi connectivity index (χ0) is 24.0. The Bertz CT molecular complexity index is 1510. The van der Waals surface area contributed by atoms with E-state index in [1.807, 2.05) is 31.2 Å². The molecule has 3 heterocycles. The molecule has 0 bridgehead atoms. The highest BCUT2D eigenvalue weighted by atomic mass is 32.2. The summed E-state index contributed by atoms with van der Waals surface area (Å²) in [6, 6.07) is 14.6. The highest BCUT2D eigenvalue weighted by Gasteiger charge is 2.32. The van der Waals surface area contributed by atoms with Crippen LogP contribution < -0.4 is 5.32 Å². The average molecular weight is 479 g/mol. The molecule has 1 aliphatic heterocycles. The summed E-state index contributed by atoms with van der Waals surface area (Å²) in [6.07, 6.45) is 0.436. The van der Waals surface area contributed by atoms with Gasteiger partial charge in [0.05, 0.1) is 39.9 Å². The van der Waals surface area contributed by atoms with Crippen molar-refractivity contribution in [3.63, 3.8) is 0 Å². The summed E-state index contributed by atoms with van der Waals surface area (Å²) in [6.45, 7) is 3.75. The van der Waals surface area contributed by atoms with Gasteiger partial charge in [-0.15, -0.1) is 0 Å². The van der Waals surface area contributed by atoms with Gasteiger partial charge in [0.15, 0.2) is 15.5 Å². The van der Waals surface area contributed by atoms with Gasteiger partial charge < -0.3 is 5.32 Å². The molecule has 1 amide bonds. The number of hydrogen-bond acceptors (Lipinski definition) is 5. The standard InChI is InChI=1S/C25H23FN4O3S/c1-15-3-9-19(10-4-15)27-25(31)21-13-22(17-5-7-18(26)8-6-17)28-24-23(21)16(2)29-30(24)20-11-12-34(32,33)14-20/h3-10,13,20H,11-12,14H2,1-2H3,(H,27,31). The summed E-state index contributed by atoms with van der Waals surface area (Å²) in [7, 11) is -3.15. The molecule has 2 aromatic heterocycles. The molecule has 1 fully saturated rings. The van der Waals surface area contributed by atoms with Crippen molar-refractivity contribution in [2.75, 3.05) is 16.8 Å². The number of halogens is 1. The number of carbonyl (C=O) groups is 1. The van der Waals surface area contributed by atoms with Crippen LogP contribution in [0.5, 0.6) is 0 Å². The minimum absolute atomic E-state index is 0.0173. The SMILES string of the molecule is Cc1ccc(NC(=O)c2cc(-c3ccc(F)cc3)nc3c2c(C)nn3C2CCS(=O)(=O)C2)cc1. The zero-order valence-electron chi connectivity index (χ0n) is 18.7. The average Bonchev–Trinajstić information content (AvgIpc) is 3.34. The van der Waals surface area contributed by atoms with Crippen LogP contribution in [0.2, 0.25) is 0 Å². The van der Waals surface area contributed by atoms with Crippen molar-refractivity contribution >= 4 is 32.5 Å². The lowest BCUT2D eigenvalue weighted by molar-refractivity contribution is 0.102. The molecule has 4 aromatic rings. The summed E-state index contributed by atoms with van der Waals surface area (Å²) in [5.74, 6) is -0.631. The van der Waals surface area contributed by atoms with Crippen LogP contribution in [0, 0.1) is 19.7 Å². The Morgan fingerprint density at radius 1 is 1.09 bits per heavy atom. The van der Waals surface area contributed by atoms with Crippen molar-refractivity contribution in [2.45, 2.75) is 26.3 Å². The van der Waals surface area contributed by atoms with Crippen LogP contribution in [-0.4, -0.2) is 40.6 Å². The Labute approximate surface area is 196 Å². The largest absolute Gasteiger partial charge is 0.322 e. The lowest BCUT2D eigenvalue weighted by Crippen LogP contribution is -2.15. The number of nitrogens with zero attached hydrogens (tertiary/aromatic N) is 3. The fraction of sp³-hybridized carbons (Fsp3) is 0.240. The second-order valence-corrected chi connectivity index (χ2v) is 10.9. The molecule has 0 aliphatic carbocycles. The number of aryl methyl sites for hydroxylation is 2. The van der Waals surface area contributed by atoms with Gasteiger partial charge in [-0.1, -0.05) is 17.7 Å². The van der Waals surface area contributed by atoms with Crippen molar-refractivity contribution in [3.8, 4) is 11.3 Å². The van der Waals surface area contributed by atoms with Gasteiger partial charge in [0.1, 0.15) is 5.82 Å². The summed E-state index contributed by atoms with van der Waals surface area (Å²) in [5.41, 5.74) is 4.24.